The van der Waals surface area contributed by atoms with E-state index in [2.05, 4.69) is 25.8 Å². The number of rotatable bonds is 8. The first-order valence-electron chi connectivity index (χ1n) is 10.2. The number of furan rings is 1. The van der Waals surface area contributed by atoms with Crippen LogP contribution in [0.1, 0.15) is 40.6 Å². The van der Waals surface area contributed by atoms with Gasteiger partial charge in [-0.15, -0.1) is 24.0 Å². The maximum Gasteiger partial charge on any atom is 0.251 e. The van der Waals surface area contributed by atoms with E-state index in [1.165, 1.54) is 12.8 Å². The molecule has 1 saturated heterocycles. The number of carbonyl (C=O) groups is 1. The van der Waals surface area contributed by atoms with Crippen LogP contribution >= 0.6 is 24.0 Å². The summed E-state index contributed by atoms with van der Waals surface area (Å²) >= 11 is 0. The summed E-state index contributed by atoms with van der Waals surface area (Å²) in [5.74, 6) is 1.69. The van der Waals surface area contributed by atoms with Gasteiger partial charge in [-0.05, 0) is 62.2 Å². The maximum atomic E-state index is 11.8. The Balaban J connectivity index is 0.00000320. The Bertz CT molecular complexity index is 804. The van der Waals surface area contributed by atoms with Crippen molar-refractivity contribution >= 4 is 35.8 Å². The molecule has 0 bridgehead atoms. The minimum atomic E-state index is -0.0665. The number of hydrogen-bond acceptors (Lipinski definition) is 4. The molecule has 0 spiro atoms. The fourth-order valence-corrected chi connectivity index (χ4v) is 3.70. The third kappa shape index (κ3) is 6.73. The Hall–Kier alpha value is -2.07. The SMILES string of the molecule is CN=C(NCCc1cccc(C(=O)NC)c1)NCC(c1ccco1)N1CCCC1.I. The molecule has 2 heterocycles. The molecule has 1 unspecified atom stereocenters. The van der Waals surface area contributed by atoms with Gasteiger partial charge in [-0.3, -0.25) is 14.7 Å². The van der Waals surface area contributed by atoms with Gasteiger partial charge in [-0.1, -0.05) is 12.1 Å². The fourth-order valence-electron chi connectivity index (χ4n) is 3.70. The maximum absolute atomic E-state index is 11.8. The summed E-state index contributed by atoms with van der Waals surface area (Å²) in [6.45, 7) is 3.66. The Morgan fingerprint density at radius 2 is 2.00 bits per heavy atom. The molecule has 3 rings (SSSR count). The van der Waals surface area contributed by atoms with Gasteiger partial charge in [0, 0.05) is 32.7 Å². The van der Waals surface area contributed by atoms with Gasteiger partial charge in [0.2, 0.25) is 0 Å². The molecule has 0 radical (unpaired) electrons. The summed E-state index contributed by atoms with van der Waals surface area (Å²) in [4.78, 5) is 18.6. The molecule has 3 N–H and O–H groups in total. The largest absolute Gasteiger partial charge is 0.468 e. The fraction of sp³-hybridized carbons (Fsp3) is 0.455. The number of aliphatic imine (C=N–C) groups is 1. The lowest BCUT2D eigenvalue weighted by Crippen LogP contribution is -2.43. The third-order valence-corrected chi connectivity index (χ3v) is 5.26. The Morgan fingerprint density at radius 3 is 2.67 bits per heavy atom. The molecule has 1 aromatic carbocycles. The number of hydrogen-bond donors (Lipinski definition) is 3. The molecule has 1 aromatic heterocycles. The molecule has 30 heavy (non-hydrogen) atoms. The molecule has 1 atom stereocenters. The molecule has 1 amide bonds. The summed E-state index contributed by atoms with van der Waals surface area (Å²) in [6, 6.07) is 11.9. The molecule has 1 fully saturated rings. The van der Waals surface area contributed by atoms with Crippen molar-refractivity contribution in [3.8, 4) is 0 Å². The van der Waals surface area contributed by atoms with Crippen molar-refractivity contribution in [3.63, 3.8) is 0 Å². The van der Waals surface area contributed by atoms with Gasteiger partial charge in [0.15, 0.2) is 5.96 Å². The first kappa shape index (κ1) is 24.2. The molecule has 164 valence electrons. The second-order valence-corrected chi connectivity index (χ2v) is 7.18. The van der Waals surface area contributed by atoms with Gasteiger partial charge in [0.25, 0.3) is 5.91 Å². The van der Waals surface area contributed by atoms with Gasteiger partial charge in [0.05, 0.1) is 12.3 Å². The zero-order valence-corrected chi connectivity index (χ0v) is 20.0. The van der Waals surface area contributed by atoms with E-state index < -0.39 is 0 Å². The van der Waals surface area contributed by atoms with Crippen LogP contribution in [-0.4, -0.2) is 57.0 Å². The number of benzene rings is 1. The van der Waals surface area contributed by atoms with Crippen LogP contribution < -0.4 is 16.0 Å². The van der Waals surface area contributed by atoms with Gasteiger partial charge in [0.1, 0.15) is 5.76 Å². The van der Waals surface area contributed by atoms with Crippen molar-refractivity contribution in [2.75, 3.05) is 40.3 Å². The van der Waals surface area contributed by atoms with Crippen molar-refractivity contribution in [3.05, 3.63) is 59.5 Å². The standard InChI is InChI=1S/C22H31N5O2.HI/c1-23-21(28)18-8-5-7-17(15-18)10-11-25-22(24-2)26-16-19(20-9-6-14-29-20)27-12-3-4-13-27;/h5-9,14-15,19H,3-4,10-13,16H2,1-2H3,(H,23,28)(H2,24,25,26);1H. The van der Waals surface area contributed by atoms with E-state index in [1.54, 1.807) is 20.4 Å². The number of nitrogens with one attached hydrogen (secondary N) is 3. The number of guanidine groups is 1. The van der Waals surface area contributed by atoms with E-state index >= 15 is 0 Å². The van der Waals surface area contributed by atoms with Crippen LogP contribution in [0.15, 0.2) is 52.1 Å². The van der Waals surface area contributed by atoms with Crippen molar-refractivity contribution in [1.82, 2.24) is 20.9 Å². The van der Waals surface area contributed by atoms with Crippen LogP contribution in [0.3, 0.4) is 0 Å². The van der Waals surface area contributed by atoms with Crippen LogP contribution in [0.25, 0.3) is 0 Å². The number of nitrogens with zero attached hydrogens (tertiary/aromatic N) is 2. The lowest BCUT2D eigenvalue weighted by atomic mass is 10.1. The Kier molecular flexibility index (Phi) is 10.2. The topological polar surface area (TPSA) is 81.9 Å². The Morgan fingerprint density at radius 1 is 1.20 bits per heavy atom. The average molecular weight is 525 g/mol. The van der Waals surface area contributed by atoms with Crippen LogP contribution in [0, 0.1) is 0 Å². The van der Waals surface area contributed by atoms with Gasteiger partial charge in [-0.25, -0.2) is 0 Å². The van der Waals surface area contributed by atoms with Crippen LogP contribution in [0.4, 0.5) is 0 Å². The normalized spacial score (nSPS) is 15.3. The highest BCUT2D eigenvalue weighted by molar-refractivity contribution is 14.0. The Labute approximate surface area is 195 Å². The van der Waals surface area contributed by atoms with E-state index in [-0.39, 0.29) is 35.9 Å². The molecule has 0 aliphatic carbocycles. The van der Waals surface area contributed by atoms with Gasteiger partial charge < -0.3 is 20.4 Å². The summed E-state index contributed by atoms with van der Waals surface area (Å²) < 4.78 is 5.68. The predicted octanol–water partition coefficient (Wildman–Crippen LogP) is 2.80. The van der Waals surface area contributed by atoms with Crippen molar-refractivity contribution in [1.29, 1.82) is 0 Å². The highest BCUT2D eigenvalue weighted by Crippen LogP contribution is 2.24. The summed E-state index contributed by atoms with van der Waals surface area (Å²) in [7, 11) is 3.42. The number of halogens is 1. The number of carbonyl (C=O) groups excluding carboxylic acids is 1. The highest BCUT2D eigenvalue weighted by Gasteiger charge is 2.25. The quantitative estimate of drug-likeness (QED) is 0.281. The number of likely N-dealkylation sites (tertiary alicyclic amines) is 1. The number of amides is 1. The second-order valence-electron chi connectivity index (χ2n) is 7.18. The molecule has 1 aliphatic rings. The van der Waals surface area contributed by atoms with Gasteiger partial charge >= 0.3 is 0 Å². The molecule has 8 heteroatoms. The molecular formula is C22H32IN5O2. The second kappa shape index (κ2) is 12.6. The lowest BCUT2D eigenvalue weighted by Gasteiger charge is -2.26. The molecule has 1 aliphatic heterocycles. The minimum Gasteiger partial charge on any atom is -0.468 e. The van der Waals surface area contributed by atoms with Crippen LogP contribution in [0.5, 0.6) is 0 Å². The van der Waals surface area contributed by atoms with Crippen molar-refractivity contribution in [2.24, 2.45) is 4.99 Å². The van der Waals surface area contributed by atoms with Crippen molar-refractivity contribution in [2.45, 2.75) is 25.3 Å². The van der Waals surface area contributed by atoms with E-state index in [9.17, 15) is 4.79 Å². The lowest BCUT2D eigenvalue weighted by molar-refractivity contribution is 0.0963. The highest BCUT2D eigenvalue weighted by atomic mass is 127. The molecule has 2 aromatic rings. The summed E-state index contributed by atoms with van der Waals surface area (Å²) in [5, 5.41) is 9.45. The molecular weight excluding hydrogens is 493 g/mol. The first-order valence-corrected chi connectivity index (χ1v) is 10.2. The molecule has 7 nitrogen and oxygen atoms in total. The van der Waals surface area contributed by atoms with Crippen LogP contribution in [0.2, 0.25) is 0 Å². The van der Waals surface area contributed by atoms with Crippen molar-refractivity contribution < 1.29 is 9.21 Å². The minimum absolute atomic E-state index is 0. The van der Waals surface area contributed by atoms with E-state index in [0.717, 1.165) is 49.9 Å². The van der Waals surface area contributed by atoms with Gasteiger partial charge in [-0.2, -0.15) is 0 Å². The summed E-state index contributed by atoms with van der Waals surface area (Å²) in [5.41, 5.74) is 1.79. The average Bonchev–Trinajstić information content (AvgIpc) is 3.47. The zero-order chi connectivity index (χ0) is 20.5. The van der Waals surface area contributed by atoms with E-state index in [0.29, 0.717) is 5.56 Å². The monoisotopic (exact) mass is 525 g/mol. The van der Waals surface area contributed by atoms with Crippen LogP contribution in [-0.2, 0) is 6.42 Å². The van der Waals surface area contributed by atoms with E-state index in [4.69, 9.17) is 4.42 Å². The predicted molar refractivity (Wildman–Crippen MR) is 131 cm³/mol. The third-order valence-electron chi connectivity index (χ3n) is 5.26. The molecule has 0 saturated carbocycles. The first-order chi connectivity index (χ1) is 14.2. The van der Waals surface area contributed by atoms with E-state index in [1.807, 2.05) is 36.4 Å². The smallest absolute Gasteiger partial charge is 0.251 e. The summed E-state index contributed by atoms with van der Waals surface area (Å²) in [6.07, 6.45) is 5.01. The zero-order valence-electron chi connectivity index (χ0n) is 17.7.